The molecule has 1 unspecified atom stereocenters. The summed E-state index contributed by atoms with van der Waals surface area (Å²) >= 11 is 0. The molecule has 3 rings (SSSR count). The van der Waals surface area contributed by atoms with Gasteiger partial charge >= 0.3 is 0 Å². The average molecular weight is 278 g/mol. The van der Waals surface area contributed by atoms with Gasteiger partial charge in [0.25, 0.3) is 0 Å². The van der Waals surface area contributed by atoms with Gasteiger partial charge in [-0.1, -0.05) is 5.16 Å². The van der Waals surface area contributed by atoms with Crippen LogP contribution in [0.5, 0.6) is 5.75 Å². The fourth-order valence-electron chi connectivity index (χ4n) is 1.88. The number of phenols is 1. The second-order valence-electron chi connectivity index (χ2n) is 4.36. The Hall–Kier alpha value is -2.48. The van der Waals surface area contributed by atoms with Crippen LogP contribution in [0.25, 0.3) is 11.4 Å². The second-order valence-corrected chi connectivity index (χ2v) is 4.36. The minimum Gasteiger partial charge on any atom is -0.505 e. The van der Waals surface area contributed by atoms with Crippen LogP contribution in [-0.4, -0.2) is 34.2 Å². The summed E-state index contributed by atoms with van der Waals surface area (Å²) in [7, 11) is 0. The van der Waals surface area contributed by atoms with Crippen molar-refractivity contribution >= 4 is 5.91 Å². The lowest BCUT2D eigenvalue weighted by atomic mass is 10.2. The normalized spacial score (nSPS) is 18.9. The van der Waals surface area contributed by atoms with E-state index in [0.29, 0.717) is 18.0 Å². The molecule has 8 heteroatoms. The molecule has 0 radical (unpaired) electrons. The first-order chi connectivity index (χ1) is 9.63. The quantitative estimate of drug-likeness (QED) is 0.732. The molecule has 1 aliphatic heterocycles. The summed E-state index contributed by atoms with van der Waals surface area (Å²) in [5, 5.41) is 18.5. The Morgan fingerprint density at radius 2 is 2.30 bits per heavy atom. The fourth-order valence-corrected chi connectivity index (χ4v) is 1.88. The number of carbonyl (C=O) groups excluding carboxylic acids is 1. The van der Waals surface area contributed by atoms with Crippen molar-refractivity contribution in [3.8, 4) is 17.1 Å². The lowest BCUT2D eigenvalue weighted by Gasteiger charge is -2.20. The summed E-state index contributed by atoms with van der Waals surface area (Å²) in [5.41, 5.74) is 0.398. The number of aromatic nitrogens is 2. The number of phenolic OH excluding ortho intramolecular Hbond substituents is 1. The maximum absolute atomic E-state index is 13.3. The molecule has 20 heavy (non-hydrogen) atoms. The molecule has 0 spiro atoms. The Morgan fingerprint density at radius 1 is 1.45 bits per heavy atom. The Bertz CT molecular complexity index is 648. The van der Waals surface area contributed by atoms with Crippen LogP contribution in [0.3, 0.4) is 0 Å². The third-order valence-electron chi connectivity index (χ3n) is 2.96. The van der Waals surface area contributed by atoms with Crippen LogP contribution in [0.15, 0.2) is 22.7 Å². The SMILES string of the molecule is O=C1CNC(c2nc(-c3ccc(O)c(F)c3)no2)CN1. The van der Waals surface area contributed by atoms with Crippen molar-refractivity contribution in [3.63, 3.8) is 0 Å². The number of hydrogen-bond donors (Lipinski definition) is 3. The van der Waals surface area contributed by atoms with Crippen LogP contribution in [0.2, 0.25) is 0 Å². The molecule has 1 amide bonds. The molecule has 1 fully saturated rings. The number of benzene rings is 1. The van der Waals surface area contributed by atoms with Crippen molar-refractivity contribution in [3.05, 3.63) is 29.9 Å². The molecule has 2 aromatic rings. The van der Waals surface area contributed by atoms with E-state index in [1.54, 1.807) is 0 Å². The number of piperazine rings is 1. The molecule has 104 valence electrons. The molecule has 3 N–H and O–H groups in total. The molecule has 1 saturated heterocycles. The minimum absolute atomic E-state index is 0.0957. The number of rotatable bonds is 2. The molecule has 2 heterocycles. The number of nitrogens with zero attached hydrogens (tertiary/aromatic N) is 2. The zero-order valence-electron chi connectivity index (χ0n) is 10.3. The standard InChI is InChI=1S/C12H11FN4O3/c13-7-3-6(1-2-9(7)18)11-16-12(20-17-11)8-4-15-10(19)5-14-8/h1-3,8,14,18H,4-5H2,(H,15,19). The van der Waals surface area contributed by atoms with Gasteiger partial charge in [0, 0.05) is 12.1 Å². The van der Waals surface area contributed by atoms with Gasteiger partial charge in [0.15, 0.2) is 11.6 Å². The Morgan fingerprint density at radius 3 is 3.00 bits per heavy atom. The van der Waals surface area contributed by atoms with Gasteiger partial charge in [-0.15, -0.1) is 0 Å². The van der Waals surface area contributed by atoms with Gasteiger partial charge in [-0.05, 0) is 18.2 Å². The van der Waals surface area contributed by atoms with Gasteiger partial charge in [0.05, 0.1) is 6.54 Å². The van der Waals surface area contributed by atoms with Crippen molar-refractivity contribution in [2.45, 2.75) is 6.04 Å². The zero-order valence-corrected chi connectivity index (χ0v) is 10.3. The monoisotopic (exact) mass is 278 g/mol. The highest BCUT2D eigenvalue weighted by atomic mass is 19.1. The summed E-state index contributed by atoms with van der Waals surface area (Å²) in [6, 6.07) is 3.57. The molecule has 1 atom stereocenters. The molecule has 7 nitrogen and oxygen atoms in total. The number of aromatic hydroxyl groups is 1. The first-order valence-corrected chi connectivity index (χ1v) is 5.96. The van der Waals surface area contributed by atoms with E-state index in [0.717, 1.165) is 6.07 Å². The summed E-state index contributed by atoms with van der Waals surface area (Å²) in [5.74, 6) is -0.751. The molecule has 1 aromatic carbocycles. The Balaban J connectivity index is 1.82. The second kappa shape index (κ2) is 4.89. The van der Waals surface area contributed by atoms with Crippen molar-refractivity contribution in [1.29, 1.82) is 0 Å². The highest BCUT2D eigenvalue weighted by Gasteiger charge is 2.24. The molecule has 0 saturated carbocycles. The van der Waals surface area contributed by atoms with Crippen LogP contribution in [0, 0.1) is 5.82 Å². The van der Waals surface area contributed by atoms with Crippen molar-refractivity contribution in [2.75, 3.05) is 13.1 Å². The van der Waals surface area contributed by atoms with Crippen LogP contribution < -0.4 is 10.6 Å². The minimum atomic E-state index is -0.753. The molecule has 1 aromatic heterocycles. The first-order valence-electron chi connectivity index (χ1n) is 5.96. The maximum atomic E-state index is 13.3. The van der Waals surface area contributed by atoms with E-state index in [2.05, 4.69) is 20.8 Å². The van der Waals surface area contributed by atoms with Crippen molar-refractivity contribution < 1.29 is 18.8 Å². The number of carbonyl (C=O) groups is 1. The van der Waals surface area contributed by atoms with Crippen LogP contribution in [0.1, 0.15) is 11.9 Å². The van der Waals surface area contributed by atoms with Gasteiger partial charge in [-0.2, -0.15) is 4.98 Å². The molecule has 0 bridgehead atoms. The predicted molar refractivity (Wildman–Crippen MR) is 65.1 cm³/mol. The van der Waals surface area contributed by atoms with Crippen molar-refractivity contribution in [1.82, 2.24) is 20.8 Å². The van der Waals surface area contributed by atoms with Crippen LogP contribution in [0.4, 0.5) is 4.39 Å². The molecular weight excluding hydrogens is 267 g/mol. The summed E-state index contributed by atoms with van der Waals surface area (Å²) in [6.45, 7) is 0.528. The number of hydrogen-bond acceptors (Lipinski definition) is 6. The van der Waals surface area contributed by atoms with Gasteiger partial charge in [0.2, 0.25) is 17.6 Å². The third-order valence-corrected chi connectivity index (χ3v) is 2.96. The summed E-state index contributed by atoms with van der Waals surface area (Å²) in [6.07, 6.45) is 0. The van der Waals surface area contributed by atoms with E-state index in [4.69, 9.17) is 9.63 Å². The van der Waals surface area contributed by atoms with Gasteiger partial charge in [-0.3, -0.25) is 10.1 Å². The topological polar surface area (TPSA) is 100 Å². The van der Waals surface area contributed by atoms with E-state index >= 15 is 0 Å². The molecule has 1 aliphatic rings. The summed E-state index contributed by atoms with van der Waals surface area (Å²) in [4.78, 5) is 15.2. The van der Waals surface area contributed by atoms with E-state index in [9.17, 15) is 9.18 Å². The zero-order chi connectivity index (χ0) is 14.1. The van der Waals surface area contributed by atoms with Crippen LogP contribution >= 0.6 is 0 Å². The highest BCUT2D eigenvalue weighted by molar-refractivity contribution is 5.78. The van der Waals surface area contributed by atoms with Gasteiger partial charge in [-0.25, -0.2) is 4.39 Å². The number of halogens is 1. The smallest absolute Gasteiger partial charge is 0.245 e. The van der Waals surface area contributed by atoms with Crippen molar-refractivity contribution in [2.24, 2.45) is 0 Å². The van der Waals surface area contributed by atoms with E-state index in [-0.39, 0.29) is 24.3 Å². The van der Waals surface area contributed by atoms with Gasteiger partial charge in [0.1, 0.15) is 6.04 Å². The fraction of sp³-hybridized carbons (Fsp3) is 0.250. The third kappa shape index (κ3) is 2.32. The molecular formula is C12H11FN4O3. The average Bonchev–Trinajstić information content (AvgIpc) is 2.92. The highest BCUT2D eigenvalue weighted by Crippen LogP contribution is 2.24. The largest absolute Gasteiger partial charge is 0.505 e. The van der Waals surface area contributed by atoms with E-state index in [1.807, 2.05) is 0 Å². The lowest BCUT2D eigenvalue weighted by Crippen LogP contribution is -2.47. The Kier molecular flexibility index (Phi) is 3.07. The maximum Gasteiger partial charge on any atom is 0.245 e. The van der Waals surface area contributed by atoms with Gasteiger partial charge < -0.3 is 14.9 Å². The van der Waals surface area contributed by atoms with E-state index in [1.165, 1.54) is 12.1 Å². The Labute approximate surface area is 112 Å². The molecule has 0 aliphatic carbocycles. The predicted octanol–water partition coefficient (Wildman–Crippen LogP) is 0.342. The summed E-state index contributed by atoms with van der Waals surface area (Å²) < 4.78 is 18.4. The number of nitrogens with one attached hydrogen (secondary N) is 2. The lowest BCUT2D eigenvalue weighted by molar-refractivity contribution is -0.121. The first kappa shape index (κ1) is 12.5. The number of amides is 1. The van der Waals surface area contributed by atoms with E-state index < -0.39 is 11.6 Å². The van der Waals surface area contributed by atoms with Crippen LogP contribution in [-0.2, 0) is 4.79 Å².